The van der Waals surface area contributed by atoms with E-state index in [1.165, 1.54) is 18.2 Å². The predicted molar refractivity (Wildman–Crippen MR) is 111 cm³/mol. The molecule has 2 saturated heterocycles. The highest BCUT2D eigenvalue weighted by Gasteiger charge is 2.31. The van der Waals surface area contributed by atoms with Crippen LogP contribution in [0.25, 0.3) is 0 Å². The molecule has 0 N–H and O–H groups in total. The Kier molecular flexibility index (Phi) is 6.35. The summed E-state index contributed by atoms with van der Waals surface area (Å²) in [5, 5.41) is 0. The number of rotatable bonds is 4. The molecule has 0 bridgehead atoms. The van der Waals surface area contributed by atoms with Crippen LogP contribution in [-0.4, -0.2) is 79.6 Å². The molecule has 0 atom stereocenters. The van der Waals surface area contributed by atoms with Crippen LogP contribution in [0.3, 0.4) is 0 Å². The lowest BCUT2D eigenvalue weighted by atomic mass is 10.1. The van der Waals surface area contributed by atoms with Gasteiger partial charge in [-0.3, -0.25) is 4.79 Å². The second kappa shape index (κ2) is 9.19. The first-order chi connectivity index (χ1) is 15.3. The number of amides is 1. The third kappa shape index (κ3) is 5.39. The van der Waals surface area contributed by atoms with Gasteiger partial charge in [-0.1, -0.05) is 6.07 Å². The van der Waals surface area contributed by atoms with E-state index in [9.17, 15) is 18.0 Å². The zero-order chi connectivity index (χ0) is 22.7. The molecule has 2 aliphatic heterocycles. The third-order valence-corrected chi connectivity index (χ3v) is 5.33. The van der Waals surface area contributed by atoms with Crippen molar-refractivity contribution in [1.29, 1.82) is 0 Å². The van der Waals surface area contributed by atoms with Gasteiger partial charge in [-0.05, 0) is 25.1 Å². The molecule has 0 spiro atoms. The number of benzene rings is 1. The second-order valence-electron chi connectivity index (χ2n) is 7.62. The number of nitrogens with zero attached hydrogens (tertiary/aromatic N) is 5. The van der Waals surface area contributed by atoms with Crippen molar-refractivity contribution in [2.75, 3.05) is 62.3 Å². The summed E-state index contributed by atoms with van der Waals surface area (Å²) in [5.74, 6) is 0.731. The summed E-state index contributed by atoms with van der Waals surface area (Å²) < 4.78 is 46.7. The first kappa shape index (κ1) is 22.1. The van der Waals surface area contributed by atoms with Crippen LogP contribution in [0.2, 0.25) is 0 Å². The lowest BCUT2D eigenvalue weighted by Gasteiger charge is -2.36. The zero-order valence-electron chi connectivity index (χ0n) is 17.6. The van der Waals surface area contributed by atoms with E-state index < -0.39 is 12.1 Å². The molecule has 1 amide bonds. The average molecular weight is 451 g/mol. The van der Waals surface area contributed by atoms with Crippen molar-refractivity contribution in [3.05, 3.63) is 41.6 Å². The SMILES string of the molecule is Cc1cc(N2CCN(C(=O)c3cccc(OC(F)(F)F)c3)CC2)nc(N2CCOCC2)n1. The molecule has 2 aromatic rings. The molecule has 2 aliphatic rings. The van der Waals surface area contributed by atoms with Crippen molar-refractivity contribution in [1.82, 2.24) is 14.9 Å². The maximum Gasteiger partial charge on any atom is 0.573 e. The summed E-state index contributed by atoms with van der Waals surface area (Å²) in [7, 11) is 0. The van der Waals surface area contributed by atoms with Crippen LogP contribution in [-0.2, 0) is 4.74 Å². The summed E-state index contributed by atoms with van der Waals surface area (Å²) in [6, 6.07) is 7.07. The van der Waals surface area contributed by atoms with Crippen LogP contribution in [0.15, 0.2) is 30.3 Å². The Morgan fingerprint density at radius 2 is 1.72 bits per heavy atom. The van der Waals surface area contributed by atoms with Gasteiger partial charge in [0.1, 0.15) is 11.6 Å². The van der Waals surface area contributed by atoms with Crippen LogP contribution in [0.5, 0.6) is 5.75 Å². The van der Waals surface area contributed by atoms with Crippen molar-refractivity contribution in [3.63, 3.8) is 0 Å². The number of halogens is 3. The Bertz CT molecular complexity index is 958. The summed E-state index contributed by atoms with van der Waals surface area (Å²) in [6.45, 7) is 6.66. The molecule has 0 radical (unpaired) electrons. The van der Waals surface area contributed by atoms with Crippen LogP contribution < -0.4 is 14.5 Å². The second-order valence-corrected chi connectivity index (χ2v) is 7.62. The van der Waals surface area contributed by atoms with E-state index in [4.69, 9.17) is 9.72 Å². The van der Waals surface area contributed by atoms with E-state index in [1.54, 1.807) is 4.90 Å². The van der Waals surface area contributed by atoms with Crippen molar-refractivity contribution in [2.45, 2.75) is 13.3 Å². The molecular formula is C21H24F3N5O3. The van der Waals surface area contributed by atoms with Gasteiger partial charge in [-0.2, -0.15) is 4.98 Å². The van der Waals surface area contributed by atoms with Crippen LogP contribution >= 0.6 is 0 Å². The number of morpholine rings is 1. The maximum atomic E-state index is 12.8. The summed E-state index contributed by atoms with van der Waals surface area (Å²) in [4.78, 5) is 27.9. The number of alkyl halides is 3. The number of anilines is 2. The molecule has 11 heteroatoms. The molecule has 1 aromatic heterocycles. The van der Waals surface area contributed by atoms with Gasteiger partial charge in [0.2, 0.25) is 5.95 Å². The molecule has 172 valence electrons. The van der Waals surface area contributed by atoms with Gasteiger partial charge >= 0.3 is 6.36 Å². The maximum absolute atomic E-state index is 12.8. The Morgan fingerprint density at radius 1 is 1.00 bits per heavy atom. The molecular weight excluding hydrogens is 427 g/mol. The number of piperazine rings is 1. The molecule has 3 heterocycles. The van der Waals surface area contributed by atoms with E-state index in [-0.39, 0.29) is 11.5 Å². The van der Waals surface area contributed by atoms with Gasteiger partial charge in [-0.15, -0.1) is 13.2 Å². The number of aromatic nitrogens is 2. The van der Waals surface area contributed by atoms with Crippen LogP contribution in [0, 0.1) is 6.92 Å². The molecule has 8 nitrogen and oxygen atoms in total. The standard InChI is InChI=1S/C21H24F3N5O3/c1-15-13-18(26-20(25-15)29-9-11-31-12-10-29)27-5-7-28(8-6-27)19(30)16-3-2-4-17(14-16)32-21(22,23)24/h2-4,13-14H,5-12H2,1H3. The highest BCUT2D eigenvalue weighted by molar-refractivity contribution is 5.94. The largest absolute Gasteiger partial charge is 0.573 e. The molecule has 1 aromatic carbocycles. The fourth-order valence-electron chi connectivity index (χ4n) is 3.75. The smallest absolute Gasteiger partial charge is 0.406 e. The van der Waals surface area contributed by atoms with Gasteiger partial charge < -0.3 is 24.2 Å². The highest BCUT2D eigenvalue weighted by atomic mass is 19.4. The molecule has 32 heavy (non-hydrogen) atoms. The Morgan fingerprint density at radius 3 is 2.41 bits per heavy atom. The summed E-state index contributed by atoms with van der Waals surface area (Å²) >= 11 is 0. The topological polar surface area (TPSA) is 71.0 Å². The van der Waals surface area contributed by atoms with Crippen LogP contribution in [0.4, 0.5) is 24.9 Å². The zero-order valence-corrected chi connectivity index (χ0v) is 17.6. The minimum atomic E-state index is -4.80. The van der Waals surface area contributed by atoms with E-state index in [1.807, 2.05) is 13.0 Å². The highest BCUT2D eigenvalue weighted by Crippen LogP contribution is 2.25. The monoisotopic (exact) mass is 451 g/mol. The first-order valence-corrected chi connectivity index (χ1v) is 10.4. The predicted octanol–water partition coefficient (Wildman–Crippen LogP) is 2.48. The lowest BCUT2D eigenvalue weighted by Crippen LogP contribution is -2.49. The molecule has 4 rings (SSSR count). The first-order valence-electron chi connectivity index (χ1n) is 10.4. The van der Waals surface area contributed by atoms with E-state index in [0.29, 0.717) is 45.3 Å². The van der Waals surface area contributed by atoms with Gasteiger partial charge in [0.25, 0.3) is 5.91 Å². The molecule has 0 unspecified atom stereocenters. The number of hydrogen-bond acceptors (Lipinski definition) is 7. The molecule has 2 fully saturated rings. The molecule has 0 aliphatic carbocycles. The van der Waals surface area contributed by atoms with Crippen LogP contribution in [0.1, 0.15) is 16.1 Å². The number of ether oxygens (including phenoxy) is 2. The Labute approximate surface area is 183 Å². The fraction of sp³-hybridized carbons (Fsp3) is 0.476. The van der Waals surface area contributed by atoms with Gasteiger partial charge in [-0.25, -0.2) is 4.98 Å². The summed E-state index contributed by atoms with van der Waals surface area (Å²) in [6.07, 6.45) is -4.80. The number of hydrogen-bond donors (Lipinski definition) is 0. The number of carbonyl (C=O) groups is 1. The molecule has 0 saturated carbocycles. The minimum Gasteiger partial charge on any atom is -0.406 e. The Balaban J connectivity index is 1.41. The van der Waals surface area contributed by atoms with Crippen molar-refractivity contribution in [2.24, 2.45) is 0 Å². The fourth-order valence-corrected chi connectivity index (χ4v) is 3.75. The van der Waals surface area contributed by atoms with Crippen molar-refractivity contribution >= 4 is 17.7 Å². The van der Waals surface area contributed by atoms with Gasteiger partial charge in [0, 0.05) is 56.6 Å². The van der Waals surface area contributed by atoms with Crippen molar-refractivity contribution < 1.29 is 27.4 Å². The normalized spacial score (nSPS) is 17.4. The third-order valence-electron chi connectivity index (χ3n) is 5.33. The van der Waals surface area contributed by atoms with Crippen molar-refractivity contribution in [3.8, 4) is 5.75 Å². The van der Waals surface area contributed by atoms with E-state index in [2.05, 4.69) is 19.5 Å². The van der Waals surface area contributed by atoms with Gasteiger partial charge in [0.15, 0.2) is 0 Å². The number of aryl methyl sites for hydroxylation is 1. The van der Waals surface area contributed by atoms with Gasteiger partial charge in [0.05, 0.1) is 13.2 Å². The average Bonchev–Trinajstić information content (AvgIpc) is 2.78. The van der Waals surface area contributed by atoms with E-state index >= 15 is 0 Å². The lowest BCUT2D eigenvalue weighted by molar-refractivity contribution is -0.274. The summed E-state index contributed by atoms with van der Waals surface area (Å²) in [5.41, 5.74) is 1.02. The van der Waals surface area contributed by atoms with E-state index in [0.717, 1.165) is 30.7 Å². The number of carbonyl (C=O) groups excluding carboxylic acids is 1. The Hall–Kier alpha value is -3.08. The minimum absolute atomic E-state index is 0.160. The quantitative estimate of drug-likeness (QED) is 0.707.